The minimum atomic E-state index is -4.62. The van der Waals surface area contributed by atoms with E-state index in [1.54, 1.807) is 23.0 Å². The molecule has 11 heteroatoms. The Morgan fingerprint density at radius 1 is 1.24 bits per heavy atom. The van der Waals surface area contributed by atoms with Crippen LogP contribution in [0.1, 0.15) is 37.8 Å². The molecule has 3 heterocycles. The van der Waals surface area contributed by atoms with E-state index in [-0.39, 0.29) is 19.0 Å². The predicted octanol–water partition coefficient (Wildman–Crippen LogP) is 2.08. The predicted molar refractivity (Wildman–Crippen MR) is 95.6 cm³/mol. The van der Waals surface area contributed by atoms with Crippen LogP contribution >= 0.6 is 0 Å². The molecule has 2 aromatic rings. The van der Waals surface area contributed by atoms with Gasteiger partial charge in [0.25, 0.3) is 5.91 Å². The maximum atomic E-state index is 12.6. The summed E-state index contributed by atoms with van der Waals surface area (Å²) >= 11 is 0. The highest BCUT2D eigenvalue weighted by atomic mass is 19.4. The SMILES string of the molecule is COc1ccc(-n2nccc2C2CCN(C(=O)C(C)(O)CC(F)(F)F)CC2)nn1. The van der Waals surface area contributed by atoms with Gasteiger partial charge in [-0.15, -0.1) is 10.2 Å². The monoisotopic (exact) mass is 413 g/mol. The third-order valence-corrected chi connectivity index (χ3v) is 4.93. The Labute approximate surface area is 165 Å². The number of hydrogen-bond donors (Lipinski definition) is 1. The molecule has 0 radical (unpaired) electrons. The van der Waals surface area contributed by atoms with Crippen LogP contribution in [0.25, 0.3) is 5.82 Å². The van der Waals surface area contributed by atoms with Crippen molar-refractivity contribution in [2.24, 2.45) is 0 Å². The average Bonchev–Trinajstić information content (AvgIpc) is 3.15. The summed E-state index contributed by atoms with van der Waals surface area (Å²) in [5, 5.41) is 22.3. The normalized spacial score (nSPS) is 17.8. The quantitative estimate of drug-likeness (QED) is 0.807. The van der Waals surface area contributed by atoms with E-state index in [1.807, 2.05) is 6.07 Å². The number of nitrogens with zero attached hydrogens (tertiary/aromatic N) is 5. The molecule has 1 amide bonds. The van der Waals surface area contributed by atoms with Crippen molar-refractivity contribution in [3.05, 3.63) is 30.1 Å². The van der Waals surface area contributed by atoms with Crippen molar-refractivity contribution in [3.8, 4) is 11.7 Å². The van der Waals surface area contributed by atoms with Crippen LogP contribution in [-0.4, -0.2) is 67.9 Å². The van der Waals surface area contributed by atoms with Crippen LogP contribution in [0.3, 0.4) is 0 Å². The van der Waals surface area contributed by atoms with Crippen molar-refractivity contribution >= 4 is 5.91 Å². The van der Waals surface area contributed by atoms with Gasteiger partial charge < -0.3 is 14.7 Å². The molecule has 8 nitrogen and oxygen atoms in total. The lowest BCUT2D eigenvalue weighted by molar-refractivity contribution is -0.187. The third kappa shape index (κ3) is 4.84. The Balaban J connectivity index is 1.67. The van der Waals surface area contributed by atoms with Crippen molar-refractivity contribution in [1.29, 1.82) is 0 Å². The second kappa shape index (κ2) is 7.97. The van der Waals surface area contributed by atoms with Gasteiger partial charge in [-0.3, -0.25) is 4.79 Å². The molecule has 0 aliphatic carbocycles. The molecular weight excluding hydrogens is 391 g/mol. The Kier molecular flexibility index (Phi) is 5.78. The lowest BCUT2D eigenvalue weighted by Crippen LogP contribution is -2.51. The highest BCUT2D eigenvalue weighted by Gasteiger charge is 2.45. The summed E-state index contributed by atoms with van der Waals surface area (Å²) in [4.78, 5) is 13.7. The van der Waals surface area contributed by atoms with Gasteiger partial charge in [-0.1, -0.05) is 0 Å². The van der Waals surface area contributed by atoms with Crippen molar-refractivity contribution < 1.29 is 27.8 Å². The van der Waals surface area contributed by atoms with E-state index in [4.69, 9.17) is 4.74 Å². The van der Waals surface area contributed by atoms with Crippen LogP contribution in [0, 0.1) is 0 Å². The van der Waals surface area contributed by atoms with Gasteiger partial charge >= 0.3 is 6.18 Å². The van der Waals surface area contributed by atoms with Gasteiger partial charge in [-0.25, -0.2) is 4.68 Å². The standard InChI is InChI=1S/C18H22F3N5O3/c1-17(28,11-18(19,20)21)16(27)25-9-6-12(7-10-25)13-5-8-22-26(13)14-3-4-15(29-2)24-23-14/h3-5,8,12,28H,6-7,9-11H2,1-2H3. The summed E-state index contributed by atoms with van der Waals surface area (Å²) in [6.45, 7) is 1.40. The lowest BCUT2D eigenvalue weighted by atomic mass is 9.91. The number of methoxy groups -OCH3 is 1. The fourth-order valence-corrected chi connectivity index (χ4v) is 3.53. The van der Waals surface area contributed by atoms with Crippen LogP contribution < -0.4 is 4.74 Å². The molecule has 1 aliphatic rings. The number of rotatable bonds is 5. The van der Waals surface area contributed by atoms with Crippen LogP contribution in [0.5, 0.6) is 5.88 Å². The topological polar surface area (TPSA) is 93.4 Å². The number of amides is 1. The molecule has 0 spiro atoms. The van der Waals surface area contributed by atoms with E-state index >= 15 is 0 Å². The zero-order chi connectivity index (χ0) is 21.2. The number of halogens is 3. The zero-order valence-electron chi connectivity index (χ0n) is 16.1. The number of carbonyl (C=O) groups excluding carboxylic acids is 1. The lowest BCUT2D eigenvalue weighted by Gasteiger charge is -2.36. The molecule has 0 saturated carbocycles. The van der Waals surface area contributed by atoms with Gasteiger partial charge in [0.05, 0.1) is 13.5 Å². The fraction of sp³-hybridized carbons (Fsp3) is 0.556. The molecule has 3 rings (SSSR count). The number of ether oxygens (including phenoxy) is 1. The number of aliphatic hydroxyl groups is 1. The van der Waals surface area contributed by atoms with Crippen molar-refractivity contribution in [1.82, 2.24) is 24.9 Å². The van der Waals surface area contributed by atoms with E-state index in [0.29, 0.717) is 24.5 Å². The van der Waals surface area contributed by atoms with E-state index in [2.05, 4.69) is 15.3 Å². The highest BCUT2D eigenvalue weighted by Crippen LogP contribution is 2.32. The van der Waals surface area contributed by atoms with Crippen molar-refractivity contribution in [2.75, 3.05) is 20.2 Å². The summed E-state index contributed by atoms with van der Waals surface area (Å²) in [6.07, 6.45) is -3.50. The maximum Gasteiger partial charge on any atom is 0.392 e. The summed E-state index contributed by atoms with van der Waals surface area (Å²) in [5.74, 6) is 0.0263. The van der Waals surface area contributed by atoms with Gasteiger partial charge in [0.15, 0.2) is 5.82 Å². The second-order valence-electron chi connectivity index (χ2n) is 7.23. The van der Waals surface area contributed by atoms with E-state index < -0.39 is 24.1 Å². The highest BCUT2D eigenvalue weighted by molar-refractivity contribution is 5.84. The summed E-state index contributed by atoms with van der Waals surface area (Å²) in [6, 6.07) is 5.22. The number of likely N-dealkylation sites (tertiary alicyclic amines) is 1. The maximum absolute atomic E-state index is 12.6. The van der Waals surface area contributed by atoms with E-state index in [1.165, 1.54) is 12.0 Å². The van der Waals surface area contributed by atoms with Crippen molar-refractivity contribution in [2.45, 2.75) is 43.9 Å². The summed E-state index contributed by atoms with van der Waals surface area (Å²) < 4.78 is 44.5. The minimum Gasteiger partial charge on any atom is -0.480 e. The molecule has 158 valence electrons. The first kappa shape index (κ1) is 21.0. The van der Waals surface area contributed by atoms with Crippen LogP contribution in [-0.2, 0) is 4.79 Å². The van der Waals surface area contributed by atoms with E-state index in [9.17, 15) is 23.1 Å². The molecule has 0 bridgehead atoms. The number of alkyl halides is 3. The largest absolute Gasteiger partial charge is 0.480 e. The number of carbonyl (C=O) groups is 1. The average molecular weight is 413 g/mol. The van der Waals surface area contributed by atoms with Gasteiger partial charge in [0, 0.05) is 37.0 Å². The molecule has 1 atom stereocenters. The second-order valence-corrected chi connectivity index (χ2v) is 7.23. The van der Waals surface area contributed by atoms with Crippen LogP contribution in [0.15, 0.2) is 24.4 Å². The van der Waals surface area contributed by atoms with E-state index in [0.717, 1.165) is 12.6 Å². The minimum absolute atomic E-state index is 0.0398. The number of hydrogen-bond acceptors (Lipinski definition) is 6. The molecule has 1 fully saturated rings. The van der Waals surface area contributed by atoms with Gasteiger partial charge in [-0.05, 0) is 31.9 Å². The Morgan fingerprint density at radius 2 is 1.93 bits per heavy atom. The van der Waals surface area contributed by atoms with Crippen LogP contribution in [0.4, 0.5) is 13.2 Å². The Bertz CT molecular complexity index is 843. The number of aromatic nitrogens is 4. The molecule has 1 N–H and O–H groups in total. The fourth-order valence-electron chi connectivity index (χ4n) is 3.53. The van der Waals surface area contributed by atoms with Crippen LogP contribution in [0.2, 0.25) is 0 Å². The molecule has 1 aliphatic heterocycles. The molecule has 29 heavy (non-hydrogen) atoms. The first-order valence-electron chi connectivity index (χ1n) is 9.11. The molecule has 2 aromatic heterocycles. The Morgan fingerprint density at radius 3 is 2.48 bits per heavy atom. The Hall–Kier alpha value is -2.69. The summed E-state index contributed by atoms with van der Waals surface area (Å²) in [5.41, 5.74) is -1.59. The molecule has 1 unspecified atom stereocenters. The molecule has 1 saturated heterocycles. The van der Waals surface area contributed by atoms with Gasteiger partial charge in [0.1, 0.15) is 5.60 Å². The zero-order valence-corrected chi connectivity index (χ0v) is 16.1. The number of piperidine rings is 1. The first-order chi connectivity index (χ1) is 13.6. The molecular formula is C18H22F3N5O3. The summed E-state index contributed by atoms with van der Waals surface area (Å²) in [7, 11) is 1.49. The smallest absolute Gasteiger partial charge is 0.392 e. The molecule has 0 aromatic carbocycles. The third-order valence-electron chi connectivity index (χ3n) is 4.93. The van der Waals surface area contributed by atoms with Gasteiger partial charge in [0.2, 0.25) is 5.88 Å². The van der Waals surface area contributed by atoms with Crippen molar-refractivity contribution in [3.63, 3.8) is 0 Å². The first-order valence-corrected chi connectivity index (χ1v) is 9.11. The van der Waals surface area contributed by atoms with Gasteiger partial charge in [-0.2, -0.15) is 18.3 Å².